The molecule has 0 aromatic rings. The number of carboxylic acid groups (broad SMARTS) is 3. The first-order chi connectivity index (χ1) is 17.7. The van der Waals surface area contributed by atoms with Gasteiger partial charge in [-0.1, -0.05) is 78.2 Å². The fourth-order valence-corrected chi connectivity index (χ4v) is 5.91. The SMILES string of the molecule is C=CCCCCCCCCCCCCC[N+](C(CCC)C(=O)O)(C(CCC)C(=O)O)C(CCC)C(=O)O. The molecule has 0 aliphatic heterocycles. The minimum atomic E-state index is -1.09. The van der Waals surface area contributed by atoms with E-state index in [4.69, 9.17) is 0 Å². The van der Waals surface area contributed by atoms with Crippen molar-refractivity contribution < 1.29 is 34.2 Å². The summed E-state index contributed by atoms with van der Waals surface area (Å²) in [4.78, 5) is 37.6. The summed E-state index contributed by atoms with van der Waals surface area (Å²) in [6.45, 7) is 9.65. The molecule has 3 N–H and O–H groups in total. The average Bonchev–Trinajstić information content (AvgIpc) is 2.85. The van der Waals surface area contributed by atoms with Gasteiger partial charge in [0.2, 0.25) is 0 Å². The second-order valence-corrected chi connectivity index (χ2v) is 10.6. The predicted octanol–water partition coefficient (Wildman–Crippen LogP) is 7.43. The van der Waals surface area contributed by atoms with Gasteiger partial charge in [-0.2, -0.15) is 0 Å². The summed E-state index contributed by atoms with van der Waals surface area (Å²) in [5.74, 6) is -3.26. The van der Waals surface area contributed by atoms with E-state index in [1.165, 1.54) is 44.9 Å². The van der Waals surface area contributed by atoms with Crippen LogP contribution in [-0.4, -0.2) is 62.4 Å². The zero-order valence-electron chi connectivity index (χ0n) is 24.0. The highest BCUT2D eigenvalue weighted by molar-refractivity contribution is 5.78. The Hall–Kier alpha value is -1.89. The zero-order valence-corrected chi connectivity index (χ0v) is 24.0. The predicted molar refractivity (Wildman–Crippen MR) is 150 cm³/mol. The van der Waals surface area contributed by atoms with E-state index < -0.39 is 36.0 Å². The lowest BCUT2D eigenvalue weighted by Crippen LogP contribution is -2.72. The molecule has 0 aromatic carbocycles. The van der Waals surface area contributed by atoms with Crippen molar-refractivity contribution in [3.8, 4) is 0 Å². The van der Waals surface area contributed by atoms with Crippen LogP contribution in [0.2, 0.25) is 0 Å². The Morgan fingerprint density at radius 1 is 0.595 bits per heavy atom. The number of allylic oxidation sites excluding steroid dienone is 1. The highest BCUT2D eigenvalue weighted by atomic mass is 16.4. The molecule has 3 atom stereocenters. The second-order valence-electron chi connectivity index (χ2n) is 10.6. The largest absolute Gasteiger partial charge is 0.477 e. The third-order valence-electron chi connectivity index (χ3n) is 7.74. The molecule has 37 heavy (non-hydrogen) atoms. The van der Waals surface area contributed by atoms with Gasteiger partial charge in [0.25, 0.3) is 0 Å². The van der Waals surface area contributed by atoms with Crippen molar-refractivity contribution in [3.05, 3.63) is 12.7 Å². The van der Waals surface area contributed by atoms with Crippen molar-refractivity contribution in [1.82, 2.24) is 0 Å². The maximum atomic E-state index is 12.5. The molecule has 0 radical (unpaired) electrons. The molecule has 7 nitrogen and oxygen atoms in total. The minimum Gasteiger partial charge on any atom is -0.477 e. The van der Waals surface area contributed by atoms with Gasteiger partial charge in [-0.3, -0.25) is 4.48 Å². The number of rotatable bonds is 26. The molecule has 0 heterocycles. The van der Waals surface area contributed by atoms with Crippen molar-refractivity contribution in [2.75, 3.05) is 6.54 Å². The monoisotopic (exact) mass is 526 g/mol. The van der Waals surface area contributed by atoms with E-state index in [-0.39, 0.29) is 30.3 Å². The molecule has 0 saturated carbocycles. The molecule has 0 bridgehead atoms. The average molecular weight is 527 g/mol. The lowest BCUT2D eigenvalue weighted by Gasteiger charge is -2.50. The molecule has 7 heteroatoms. The number of hydrogen-bond donors (Lipinski definition) is 3. The van der Waals surface area contributed by atoms with Crippen LogP contribution in [0.4, 0.5) is 0 Å². The Morgan fingerprint density at radius 3 is 1.16 bits per heavy atom. The number of aliphatic carboxylic acids is 3. The number of nitrogens with zero attached hydrogens (tertiary/aromatic N) is 1. The molecule has 0 fully saturated rings. The quantitative estimate of drug-likeness (QED) is 0.0614. The summed E-state index contributed by atoms with van der Waals surface area (Å²) < 4.78 is -0.374. The van der Waals surface area contributed by atoms with Crippen molar-refractivity contribution >= 4 is 17.9 Å². The van der Waals surface area contributed by atoms with Crippen LogP contribution in [0.25, 0.3) is 0 Å². The fraction of sp³-hybridized carbons (Fsp3) is 0.833. The zero-order chi connectivity index (χ0) is 28.1. The van der Waals surface area contributed by atoms with Gasteiger partial charge in [0, 0.05) is 19.3 Å². The van der Waals surface area contributed by atoms with Gasteiger partial charge in [-0.15, -0.1) is 6.58 Å². The van der Waals surface area contributed by atoms with Gasteiger partial charge in [-0.25, -0.2) is 14.4 Å². The van der Waals surface area contributed by atoms with Crippen molar-refractivity contribution in [2.24, 2.45) is 0 Å². The lowest BCUT2D eigenvalue weighted by molar-refractivity contribution is -0.973. The topological polar surface area (TPSA) is 112 Å². The van der Waals surface area contributed by atoms with Gasteiger partial charge < -0.3 is 15.3 Å². The second kappa shape index (κ2) is 21.1. The molecule has 0 aliphatic carbocycles. The van der Waals surface area contributed by atoms with E-state index in [2.05, 4.69) is 6.58 Å². The molecule has 3 unspecified atom stereocenters. The van der Waals surface area contributed by atoms with Gasteiger partial charge in [-0.05, 0) is 44.9 Å². The highest BCUT2D eigenvalue weighted by Crippen LogP contribution is 2.34. The van der Waals surface area contributed by atoms with Crippen LogP contribution in [-0.2, 0) is 14.4 Å². The van der Waals surface area contributed by atoms with Crippen LogP contribution in [0.15, 0.2) is 12.7 Å². The number of carbonyl (C=O) groups is 3. The molecule has 0 aromatic heterocycles. The molecule has 0 saturated heterocycles. The van der Waals surface area contributed by atoms with Crippen molar-refractivity contribution in [2.45, 2.75) is 154 Å². The molecule has 0 spiro atoms. The molecule has 0 aliphatic rings. The van der Waals surface area contributed by atoms with Crippen molar-refractivity contribution in [3.63, 3.8) is 0 Å². The van der Waals surface area contributed by atoms with Gasteiger partial charge in [0.15, 0.2) is 18.1 Å². The van der Waals surface area contributed by atoms with Crippen LogP contribution in [0.1, 0.15) is 136 Å². The van der Waals surface area contributed by atoms with E-state index in [9.17, 15) is 29.7 Å². The normalized spacial score (nSPS) is 15.4. The Balaban J connectivity index is 5.40. The maximum absolute atomic E-state index is 12.5. The number of unbranched alkanes of at least 4 members (excludes halogenated alkanes) is 11. The van der Waals surface area contributed by atoms with Crippen LogP contribution >= 0.6 is 0 Å². The summed E-state index contributed by atoms with van der Waals surface area (Å²) in [7, 11) is 0. The smallest absolute Gasteiger partial charge is 0.362 e. The Labute approximate surface area is 225 Å². The van der Waals surface area contributed by atoms with Crippen LogP contribution in [0.5, 0.6) is 0 Å². The molecular weight excluding hydrogens is 470 g/mol. The van der Waals surface area contributed by atoms with E-state index in [0.717, 1.165) is 25.7 Å². The Bertz CT molecular complexity index is 590. The molecule has 216 valence electrons. The van der Waals surface area contributed by atoms with Gasteiger partial charge in [0.05, 0.1) is 6.54 Å². The Kier molecular flexibility index (Phi) is 20.0. The van der Waals surface area contributed by atoms with Crippen LogP contribution < -0.4 is 0 Å². The van der Waals surface area contributed by atoms with Gasteiger partial charge >= 0.3 is 17.9 Å². The first kappa shape index (κ1) is 35.1. The molecular formula is C30H56NO6+. The van der Waals surface area contributed by atoms with Gasteiger partial charge in [0.1, 0.15) is 0 Å². The lowest BCUT2D eigenvalue weighted by atomic mass is 9.91. The van der Waals surface area contributed by atoms with E-state index in [1.807, 2.05) is 26.8 Å². The maximum Gasteiger partial charge on any atom is 0.362 e. The van der Waals surface area contributed by atoms with E-state index in [1.54, 1.807) is 0 Å². The standard InChI is InChI=1S/C30H55NO6/c1-5-9-10-11-12-13-14-15-16-17-18-19-20-24-31(25(21-6-2)28(32)33,26(22-7-3)29(34)35)27(23-8-4)30(36)37/h5,25-27H,1,6-24H2,2-4H3,(H2-,32,33,34,35,36,37)/p+1. The third kappa shape index (κ3) is 12.5. The molecule has 0 amide bonds. The number of hydrogen-bond acceptors (Lipinski definition) is 3. The summed E-state index contributed by atoms with van der Waals surface area (Å²) in [5, 5.41) is 30.7. The van der Waals surface area contributed by atoms with Crippen molar-refractivity contribution in [1.29, 1.82) is 0 Å². The summed E-state index contributed by atoms with van der Waals surface area (Å²) in [6, 6.07) is -3.13. The summed E-state index contributed by atoms with van der Waals surface area (Å²) in [5.41, 5.74) is 0. The van der Waals surface area contributed by atoms with Crippen LogP contribution in [0, 0.1) is 0 Å². The van der Waals surface area contributed by atoms with E-state index >= 15 is 0 Å². The highest BCUT2D eigenvalue weighted by Gasteiger charge is 2.56. The fourth-order valence-electron chi connectivity index (χ4n) is 5.91. The number of carboxylic acids is 3. The summed E-state index contributed by atoms with van der Waals surface area (Å²) in [6.07, 6.45) is 17.8. The Morgan fingerprint density at radius 2 is 0.892 bits per heavy atom. The molecule has 0 rings (SSSR count). The minimum absolute atomic E-state index is 0.268. The third-order valence-corrected chi connectivity index (χ3v) is 7.74. The first-order valence-corrected chi connectivity index (χ1v) is 14.9. The first-order valence-electron chi connectivity index (χ1n) is 14.9. The summed E-state index contributed by atoms with van der Waals surface area (Å²) >= 11 is 0. The number of quaternary nitrogens is 1. The van der Waals surface area contributed by atoms with E-state index in [0.29, 0.717) is 25.7 Å². The van der Waals surface area contributed by atoms with Crippen LogP contribution in [0.3, 0.4) is 0 Å².